The van der Waals surface area contributed by atoms with Gasteiger partial charge in [-0.1, -0.05) is 0 Å². The smallest absolute Gasteiger partial charge is 0.410 e. The maximum atomic E-state index is 12.1. The number of amidine groups is 1. The number of nitrogens with two attached hydrogens (primary N) is 1. The summed E-state index contributed by atoms with van der Waals surface area (Å²) in [7, 11) is 0. The fraction of sp³-hybridized carbons (Fsp3) is 0.667. The highest BCUT2D eigenvalue weighted by atomic mass is 127. The molecule has 2 radical (unpaired) electrons. The fourth-order valence-corrected chi connectivity index (χ4v) is 3.90. The van der Waals surface area contributed by atoms with Crippen LogP contribution in [0.15, 0.2) is 5.38 Å². The predicted octanol–water partition coefficient (Wildman–Crippen LogP) is -0.390. The Morgan fingerprint density at radius 1 is 1.50 bits per heavy atom. The molecule has 0 saturated carbocycles. The van der Waals surface area contributed by atoms with Crippen LogP contribution in [0.2, 0.25) is 0 Å². The Hall–Kier alpha value is -0.550. The van der Waals surface area contributed by atoms with Crippen molar-refractivity contribution in [2.24, 2.45) is 5.73 Å². The Bertz CT molecular complexity index is 566. The molecular formula is C15H23IN4O2S2. The van der Waals surface area contributed by atoms with Crippen LogP contribution in [0.1, 0.15) is 50.2 Å². The van der Waals surface area contributed by atoms with Crippen molar-refractivity contribution in [2.75, 3.05) is 13.1 Å². The van der Waals surface area contributed by atoms with Crippen LogP contribution < -0.4 is 35.1 Å². The summed E-state index contributed by atoms with van der Waals surface area (Å²) in [5.41, 5.74) is 5.71. The molecule has 24 heavy (non-hydrogen) atoms. The molecule has 2 N–H and O–H groups in total. The molecule has 1 fully saturated rings. The molecule has 1 aliphatic heterocycles. The molecule has 9 heteroatoms. The standard InChI is InChI=1S/C15H23N4O2S2.HI/c1-15(2,3)21-14(20)19-6-4-10(5-7-19)12-18-11(8-22-12)9-23-13(16)17;/h8,10H,4-7,9,16H2,1-3H3;1H/q+1;/p-1. The van der Waals surface area contributed by atoms with E-state index in [2.05, 4.69) is 4.98 Å². The average Bonchev–Trinajstić information content (AvgIpc) is 2.92. The zero-order chi connectivity index (χ0) is 17.0. The number of piperidine rings is 1. The van der Waals surface area contributed by atoms with Crippen LogP contribution in [0.4, 0.5) is 4.79 Å². The lowest BCUT2D eigenvalue weighted by molar-refractivity contribution is -0.0000558. The molecule has 0 atom stereocenters. The van der Waals surface area contributed by atoms with Crippen molar-refractivity contribution in [1.82, 2.24) is 15.3 Å². The second-order valence-corrected chi connectivity index (χ2v) is 8.43. The monoisotopic (exact) mass is 482 g/mol. The zero-order valence-corrected chi connectivity index (χ0v) is 17.9. The second-order valence-electron chi connectivity index (χ2n) is 6.55. The summed E-state index contributed by atoms with van der Waals surface area (Å²) < 4.78 is 5.41. The summed E-state index contributed by atoms with van der Waals surface area (Å²) in [6.45, 7) is 7.02. The van der Waals surface area contributed by atoms with E-state index in [1.807, 2.05) is 26.2 Å². The van der Waals surface area contributed by atoms with Gasteiger partial charge in [0.25, 0.3) is 0 Å². The third-order valence-electron chi connectivity index (χ3n) is 3.43. The van der Waals surface area contributed by atoms with Crippen LogP contribution in [0.5, 0.6) is 0 Å². The quantitative estimate of drug-likeness (QED) is 0.360. The van der Waals surface area contributed by atoms with Crippen LogP contribution >= 0.6 is 23.1 Å². The molecule has 1 saturated heterocycles. The van der Waals surface area contributed by atoms with Gasteiger partial charge in [-0.15, -0.1) is 11.3 Å². The number of carbonyl (C=O) groups is 1. The Labute approximate surface area is 168 Å². The molecule has 1 aromatic heterocycles. The SMILES string of the molecule is CC(C)(C)OC(=O)N1CCC(c2nc(CSC(=[N+])N)cs2)CC1.[I-]. The minimum atomic E-state index is -0.457. The molecule has 0 aliphatic carbocycles. The molecular weight excluding hydrogens is 459 g/mol. The lowest BCUT2D eigenvalue weighted by Crippen LogP contribution is -3.00. The number of halogens is 1. The minimum Gasteiger partial charge on any atom is -1.00 e. The third-order valence-corrected chi connectivity index (χ3v) is 5.23. The van der Waals surface area contributed by atoms with E-state index in [0.29, 0.717) is 24.8 Å². The first kappa shape index (κ1) is 21.5. The van der Waals surface area contributed by atoms with Gasteiger partial charge in [0, 0.05) is 30.1 Å². The highest BCUT2D eigenvalue weighted by Crippen LogP contribution is 2.31. The van der Waals surface area contributed by atoms with E-state index in [1.54, 1.807) is 16.2 Å². The molecule has 1 amide bonds. The number of thiazole rings is 1. The first-order valence-electron chi connectivity index (χ1n) is 7.61. The number of nitrogens with zero attached hydrogens (tertiary/aromatic N) is 3. The molecule has 1 aliphatic rings. The van der Waals surface area contributed by atoms with Crippen molar-refractivity contribution in [3.05, 3.63) is 16.1 Å². The van der Waals surface area contributed by atoms with Crippen molar-refractivity contribution >= 4 is 34.4 Å². The van der Waals surface area contributed by atoms with Crippen LogP contribution in [-0.4, -0.2) is 39.8 Å². The van der Waals surface area contributed by atoms with Crippen molar-refractivity contribution in [1.29, 1.82) is 0 Å². The second kappa shape index (κ2) is 9.23. The van der Waals surface area contributed by atoms with Crippen molar-refractivity contribution in [3.63, 3.8) is 0 Å². The Kier molecular flexibility index (Phi) is 8.27. The highest BCUT2D eigenvalue weighted by molar-refractivity contribution is 8.13. The van der Waals surface area contributed by atoms with Gasteiger partial charge in [0.05, 0.1) is 10.7 Å². The largest absolute Gasteiger partial charge is 1.00 e. The summed E-state index contributed by atoms with van der Waals surface area (Å²) >= 11 is 2.82. The third kappa shape index (κ3) is 6.75. The summed E-state index contributed by atoms with van der Waals surface area (Å²) in [4.78, 5) is 18.4. The van der Waals surface area contributed by atoms with Gasteiger partial charge in [0.15, 0.2) is 0 Å². The lowest BCUT2D eigenvalue weighted by Gasteiger charge is -2.32. The number of amides is 1. The maximum absolute atomic E-state index is 12.1. The number of carbonyl (C=O) groups excluding carboxylic acids is 1. The van der Waals surface area contributed by atoms with Gasteiger partial charge < -0.3 is 33.6 Å². The summed E-state index contributed by atoms with van der Waals surface area (Å²) in [6.07, 6.45) is 1.56. The number of rotatable bonds is 3. The topological polar surface area (TPSA) is 90.8 Å². The zero-order valence-electron chi connectivity index (χ0n) is 14.1. The van der Waals surface area contributed by atoms with Gasteiger partial charge in [-0.2, -0.15) is 0 Å². The van der Waals surface area contributed by atoms with Crippen molar-refractivity contribution < 1.29 is 33.5 Å². The molecule has 0 unspecified atom stereocenters. The van der Waals surface area contributed by atoms with Crippen LogP contribution in [0, 0.1) is 0 Å². The van der Waals surface area contributed by atoms with Crippen LogP contribution in [0.25, 0.3) is 0 Å². The number of hydrogen-bond donors (Lipinski definition) is 1. The molecule has 2 heterocycles. The molecule has 1 aromatic rings. The first-order valence-corrected chi connectivity index (χ1v) is 9.47. The number of aromatic nitrogens is 1. The minimum absolute atomic E-state index is 0. The number of ether oxygens (including phenoxy) is 1. The van der Waals surface area contributed by atoms with Crippen molar-refractivity contribution in [3.8, 4) is 0 Å². The first-order chi connectivity index (χ1) is 10.7. The fourth-order valence-electron chi connectivity index (χ4n) is 2.36. The normalized spacial score (nSPS) is 15.7. The van der Waals surface area contributed by atoms with E-state index in [4.69, 9.17) is 15.9 Å². The summed E-state index contributed by atoms with van der Waals surface area (Å²) in [5, 5.41) is 12.0. The summed E-state index contributed by atoms with van der Waals surface area (Å²) in [5.74, 6) is 0.961. The molecule has 0 spiro atoms. The molecule has 2 rings (SSSR count). The summed E-state index contributed by atoms with van der Waals surface area (Å²) in [6, 6.07) is 0. The van der Waals surface area contributed by atoms with Crippen LogP contribution in [-0.2, 0) is 10.5 Å². The molecule has 0 bridgehead atoms. The number of thioether (sulfide) groups is 1. The van der Waals surface area contributed by atoms with Gasteiger partial charge in [0.2, 0.25) is 5.41 Å². The molecule has 134 valence electrons. The van der Waals surface area contributed by atoms with Gasteiger partial charge in [-0.05, 0) is 45.4 Å². The van der Waals surface area contributed by atoms with Crippen LogP contribution in [0.3, 0.4) is 0 Å². The maximum Gasteiger partial charge on any atom is 0.410 e. The van der Waals surface area contributed by atoms with Gasteiger partial charge in [-0.3, -0.25) is 5.73 Å². The average molecular weight is 482 g/mol. The lowest BCUT2D eigenvalue weighted by atomic mass is 9.98. The Balaban J connectivity index is 0.00000288. The van der Waals surface area contributed by atoms with Gasteiger partial charge >= 0.3 is 11.3 Å². The van der Waals surface area contributed by atoms with E-state index in [-0.39, 0.29) is 35.2 Å². The van der Waals surface area contributed by atoms with E-state index in [0.717, 1.165) is 23.5 Å². The van der Waals surface area contributed by atoms with E-state index in [1.165, 1.54) is 11.8 Å². The van der Waals surface area contributed by atoms with Crippen molar-refractivity contribution in [2.45, 2.75) is 50.9 Å². The predicted molar refractivity (Wildman–Crippen MR) is 94.5 cm³/mol. The molecule has 0 aromatic carbocycles. The Morgan fingerprint density at radius 3 is 2.67 bits per heavy atom. The number of likely N-dealkylation sites (tertiary alicyclic amines) is 1. The van der Waals surface area contributed by atoms with E-state index in [9.17, 15) is 4.79 Å². The number of hydrogen-bond acceptors (Lipinski definition) is 5. The molecule has 6 nitrogen and oxygen atoms in total. The Morgan fingerprint density at radius 2 is 2.12 bits per heavy atom. The van der Waals surface area contributed by atoms with E-state index < -0.39 is 5.60 Å². The van der Waals surface area contributed by atoms with Gasteiger partial charge in [-0.25, -0.2) is 9.78 Å². The van der Waals surface area contributed by atoms with E-state index >= 15 is 0 Å². The highest BCUT2D eigenvalue weighted by Gasteiger charge is 2.28. The van der Waals surface area contributed by atoms with Gasteiger partial charge in [0.1, 0.15) is 5.60 Å².